The van der Waals surface area contributed by atoms with Gasteiger partial charge in [-0.3, -0.25) is 14.9 Å². The predicted molar refractivity (Wildman–Crippen MR) is 53.7 cm³/mol. The van der Waals surface area contributed by atoms with Crippen LogP contribution in [0.3, 0.4) is 0 Å². The Kier molecular flexibility index (Phi) is 3.65. The van der Waals surface area contributed by atoms with Crippen LogP contribution in [0.5, 0.6) is 0 Å². The zero-order valence-corrected chi connectivity index (χ0v) is 8.47. The molecule has 1 rings (SSSR count). The van der Waals surface area contributed by atoms with Gasteiger partial charge in [0, 0.05) is 12.5 Å². The number of nitrogens with one attached hydrogen (secondary N) is 1. The Hall–Kier alpha value is -2.31. The SMILES string of the molecule is CCC(=O)NC(=O)c1ccc([N+](=O)[O-])nc1. The molecule has 0 unspecified atom stereocenters. The summed E-state index contributed by atoms with van der Waals surface area (Å²) in [6, 6.07) is 2.34. The standard InChI is InChI=1S/C9H9N3O4/c1-2-8(13)11-9(14)6-3-4-7(10-5-6)12(15)16/h3-5H,2H2,1H3,(H,11,13,14). The number of hydrogen-bond donors (Lipinski definition) is 1. The highest BCUT2D eigenvalue weighted by Gasteiger charge is 2.13. The number of imide groups is 1. The van der Waals surface area contributed by atoms with Crippen LogP contribution < -0.4 is 5.32 Å². The van der Waals surface area contributed by atoms with Crippen LogP contribution in [0.1, 0.15) is 23.7 Å². The summed E-state index contributed by atoms with van der Waals surface area (Å²) in [4.78, 5) is 35.4. The first-order valence-corrected chi connectivity index (χ1v) is 4.49. The first-order chi connectivity index (χ1) is 7.54. The zero-order valence-electron chi connectivity index (χ0n) is 8.47. The topological polar surface area (TPSA) is 102 Å². The number of pyridine rings is 1. The van der Waals surface area contributed by atoms with Gasteiger partial charge in [0.15, 0.2) is 6.20 Å². The van der Waals surface area contributed by atoms with Gasteiger partial charge >= 0.3 is 5.82 Å². The number of amides is 2. The van der Waals surface area contributed by atoms with E-state index in [0.29, 0.717) is 0 Å². The first kappa shape index (κ1) is 11.8. The number of aromatic nitrogens is 1. The molecular formula is C9H9N3O4. The predicted octanol–water partition coefficient (Wildman–Crippen LogP) is 0.656. The fraction of sp³-hybridized carbons (Fsp3) is 0.222. The third-order valence-corrected chi connectivity index (χ3v) is 1.77. The van der Waals surface area contributed by atoms with Gasteiger partial charge in [-0.15, -0.1) is 0 Å². The summed E-state index contributed by atoms with van der Waals surface area (Å²) in [6.07, 6.45) is 1.24. The summed E-state index contributed by atoms with van der Waals surface area (Å²) in [6.45, 7) is 1.61. The summed E-state index contributed by atoms with van der Waals surface area (Å²) in [5, 5.41) is 12.4. The number of nitrogens with zero attached hydrogens (tertiary/aromatic N) is 2. The zero-order chi connectivity index (χ0) is 12.1. The minimum Gasteiger partial charge on any atom is -0.358 e. The van der Waals surface area contributed by atoms with Crippen molar-refractivity contribution in [2.45, 2.75) is 13.3 Å². The number of nitro groups is 1. The molecular weight excluding hydrogens is 214 g/mol. The average Bonchev–Trinajstić information content (AvgIpc) is 2.28. The van der Waals surface area contributed by atoms with Gasteiger partial charge in [-0.2, -0.15) is 0 Å². The summed E-state index contributed by atoms with van der Waals surface area (Å²) in [7, 11) is 0. The first-order valence-electron chi connectivity index (χ1n) is 4.49. The highest BCUT2D eigenvalue weighted by molar-refractivity contribution is 6.04. The lowest BCUT2D eigenvalue weighted by molar-refractivity contribution is -0.389. The summed E-state index contributed by atoms with van der Waals surface area (Å²) in [5.74, 6) is -1.38. The van der Waals surface area contributed by atoms with Crippen LogP contribution in [-0.4, -0.2) is 21.7 Å². The van der Waals surface area contributed by atoms with E-state index >= 15 is 0 Å². The van der Waals surface area contributed by atoms with Gasteiger partial charge in [-0.1, -0.05) is 6.92 Å². The minimum absolute atomic E-state index is 0.104. The van der Waals surface area contributed by atoms with E-state index in [1.807, 2.05) is 0 Å². The summed E-state index contributed by atoms with van der Waals surface area (Å²) in [5.41, 5.74) is 0.104. The fourth-order valence-electron chi connectivity index (χ4n) is 0.916. The van der Waals surface area contributed by atoms with E-state index in [0.717, 1.165) is 12.3 Å². The monoisotopic (exact) mass is 223 g/mol. The number of carbonyl (C=O) groups is 2. The molecule has 0 saturated heterocycles. The molecule has 2 amide bonds. The second kappa shape index (κ2) is 4.96. The maximum absolute atomic E-state index is 11.4. The average molecular weight is 223 g/mol. The third kappa shape index (κ3) is 2.84. The number of hydrogen-bond acceptors (Lipinski definition) is 5. The molecule has 0 aromatic carbocycles. The smallest absolute Gasteiger partial charge is 0.358 e. The van der Waals surface area contributed by atoms with E-state index in [1.165, 1.54) is 6.07 Å². The van der Waals surface area contributed by atoms with Gasteiger partial charge in [0.2, 0.25) is 5.91 Å². The molecule has 1 N–H and O–H groups in total. The lowest BCUT2D eigenvalue weighted by atomic mass is 10.2. The molecule has 0 fully saturated rings. The Bertz CT molecular complexity index is 427. The van der Waals surface area contributed by atoms with Crippen molar-refractivity contribution in [3.05, 3.63) is 34.0 Å². The molecule has 16 heavy (non-hydrogen) atoms. The van der Waals surface area contributed by atoms with Crippen LogP contribution in [0.25, 0.3) is 0 Å². The van der Waals surface area contributed by atoms with Gasteiger partial charge in [-0.25, -0.2) is 0 Å². The van der Waals surface area contributed by atoms with Crippen LogP contribution >= 0.6 is 0 Å². The van der Waals surface area contributed by atoms with E-state index < -0.39 is 16.7 Å². The lowest BCUT2D eigenvalue weighted by Gasteiger charge is -2.00. The van der Waals surface area contributed by atoms with Gasteiger partial charge in [0.05, 0.1) is 5.56 Å². The van der Waals surface area contributed by atoms with Gasteiger partial charge < -0.3 is 10.1 Å². The molecule has 0 spiro atoms. The van der Waals surface area contributed by atoms with Crippen LogP contribution in [0.15, 0.2) is 18.3 Å². The molecule has 0 aliphatic rings. The van der Waals surface area contributed by atoms with Gasteiger partial charge in [0.1, 0.15) is 0 Å². The van der Waals surface area contributed by atoms with Crippen molar-refractivity contribution in [1.82, 2.24) is 10.3 Å². The Morgan fingerprint density at radius 1 is 1.50 bits per heavy atom. The lowest BCUT2D eigenvalue weighted by Crippen LogP contribution is -2.29. The number of rotatable bonds is 3. The van der Waals surface area contributed by atoms with Crippen molar-refractivity contribution in [2.24, 2.45) is 0 Å². The maximum Gasteiger partial charge on any atom is 0.363 e. The van der Waals surface area contributed by atoms with Gasteiger partial charge in [0.25, 0.3) is 5.91 Å². The van der Waals surface area contributed by atoms with E-state index in [2.05, 4.69) is 10.3 Å². The molecule has 0 atom stereocenters. The van der Waals surface area contributed by atoms with Crippen molar-refractivity contribution in [3.8, 4) is 0 Å². The fourth-order valence-corrected chi connectivity index (χ4v) is 0.916. The molecule has 84 valence electrons. The molecule has 0 aliphatic heterocycles. The molecule has 1 aromatic heterocycles. The Labute approximate surface area is 90.6 Å². The highest BCUT2D eigenvalue weighted by Crippen LogP contribution is 2.07. The Morgan fingerprint density at radius 3 is 2.62 bits per heavy atom. The second-order valence-corrected chi connectivity index (χ2v) is 2.89. The minimum atomic E-state index is -0.668. The molecule has 0 aliphatic carbocycles. The van der Waals surface area contributed by atoms with Crippen molar-refractivity contribution in [2.75, 3.05) is 0 Å². The van der Waals surface area contributed by atoms with Crippen LogP contribution in [0.2, 0.25) is 0 Å². The van der Waals surface area contributed by atoms with Gasteiger partial charge in [-0.05, 0) is 16.0 Å². The number of carbonyl (C=O) groups excluding carboxylic acids is 2. The van der Waals surface area contributed by atoms with Crippen molar-refractivity contribution in [1.29, 1.82) is 0 Å². The van der Waals surface area contributed by atoms with Crippen molar-refractivity contribution in [3.63, 3.8) is 0 Å². The molecule has 7 heteroatoms. The molecule has 0 bridgehead atoms. The quantitative estimate of drug-likeness (QED) is 0.598. The second-order valence-electron chi connectivity index (χ2n) is 2.89. The molecule has 0 saturated carbocycles. The largest absolute Gasteiger partial charge is 0.363 e. The van der Waals surface area contributed by atoms with E-state index in [1.54, 1.807) is 6.92 Å². The maximum atomic E-state index is 11.4. The normalized spacial score (nSPS) is 9.56. The Morgan fingerprint density at radius 2 is 2.19 bits per heavy atom. The van der Waals surface area contributed by atoms with Crippen molar-refractivity contribution >= 4 is 17.6 Å². The third-order valence-electron chi connectivity index (χ3n) is 1.77. The summed E-state index contributed by atoms with van der Waals surface area (Å²) < 4.78 is 0. The molecule has 1 heterocycles. The molecule has 1 aromatic rings. The van der Waals surface area contributed by atoms with Crippen LogP contribution in [0, 0.1) is 10.1 Å². The summed E-state index contributed by atoms with van der Waals surface area (Å²) >= 11 is 0. The highest BCUT2D eigenvalue weighted by atomic mass is 16.6. The molecule has 7 nitrogen and oxygen atoms in total. The van der Waals surface area contributed by atoms with Crippen molar-refractivity contribution < 1.29 is 14.5 Å². The van der Waals surface area contributed by atoms with E-state index in [9.17, 15) is 19.7 Å². The van der Waals surface area contributed by atoms with Crippen LogP contribution in [-0.2, 0) is 4.79 Å². The Balaban J connectivity index is 2.78. The van der Waals surface area contributed by atoms with Crippen LogP contribution in [0.4, 0.5) is 5.82 Å². The van der Waals surface area contributed by atoms with E-state index in [-0.39, 0.29) is 17.8 Å². The van der Waals surface area contributed by atoms with E-state index in [4.69, 9.17) is 0 Å². The molecule has 0 radical (unpaired) electrons.